The first-order chi connectivity index (χ1) is 9.15. The van der Waals surface area contributed by atoms with Gasteiger partial charge in [-0.25, -0.2) is 0 Å². The van der Waals surface area contributed by atoms with E-state index < -0.39 is 0 Å². The fourth-order valence-electron chi connectivity index (χ4n) is 2.40. The van der Waals surface area contributed by atoms with Gasteiger partial charge in [0.25, 0.3) is 0 Å². The molecule has 2 N–H and O–H groups in total. The summed E-state index contributed by atoms with van der Waals surface area (Å²) in [5.41, 5.74) is 8.41. The average molecular weight is 261 g/mol. The molecule has 0 fully saturated rings. The van der Waals surface area contributed by atoms with E-state index in [1.165, 1.54) is 5.56 Å². The van der Waals surface area contributed by atoms with E-state index in [1.807, 2.05) is 25.1 Å². The van der Waals surface area contributed by atoms with Gasteiger partial charge in [0.05, 0.1) is 12.1 Å². The predicted octanol–water partition coefficient (Wildman–Crippen LogP) is 3.95. The van der Waals surface area contributed by atoms with Gasteiger partial charge in [0.15, 0.2) is 0 Å². The van der Waals surface area contributed by atoms with Crippen molar-refractivity contribution in [3.05, 3.63) is 35.6 Å². The molecule has 0 aliphatic heterocycles. The number of fused-ring (bicyclic) bond motifs is 1. The number of nitrogens with two attached hydrogens (primary N) is 1. The first kappa shape index (κ1) is 14.1. The van der Waals surface area contributed by atoms with Crippen LogP contribution < -0.4 is 5.73 Å². The number of rotatable bonds is 6. The summed E-state index contributed by atoms with van der Waals surface area (Å²) in [4.78, 5) is 0. The Balaban J connectivity index is 2.26. The molecule has 0 saturated heterocycles. The van der Waals surface area contributed by atoms with Crippen LogP contribution >= 0.6 is 0 Å². The van der Waals surface area contributed by atoms with Crippen molar-refractivity contribution in [2.75, 3.05) is 6.61 Å². The first-order valence-corrected chi connectivity index (χ1v) is 7.03. The fourth-order valence-corrected chi connectivity index (χ4v) is 2.40. The highest BCUT2D eigenvalue weighted by molar-refractivity contribution is 5.78. The van der Waals surface area contributed by atoms with Crippen molar-refractivity contribution in [3.8, 4) is 0 Å². The highest BCUT2D eigenvalue weighted by Crippen LogP contribution is 2.27. The molecule has 2 unspecified atom stereocenters. The van der Waals surface area contributed by atoms with Gasteiger partial charge >= 0.3 is 0 Å². The van der Waals surface area contributed by atoms with Crippen LogP contribution in [0.15, 0.2) is 28.7 Å². The van der Waals surface area contributed by atoms with E-state index >= 15 is 0 Å². The number of aryl methyl sites for hydroxylation is 1. The molecule has 1 aromatic carbocycles. The van der Waals surface area contributed by atoms with Crippen LogP contribution in [-0.2, 0) is 4.74 Å². The van der Waals surface area contributed by atoms with Crippen LogP contribution in [0.1, 0.15) is 44.1 Å². The van der Waals surface area contributed by atoms with Crippen molar-refractivity contribution in [1.29, 1.82) is 0 Å². The van der Waals surface area contributed by atoms with Crippen LogP contribution in [0.3, 0.4) is 0 Å². The Kier molecular flexibility index (Phi) is 4.61. The molecule has 1 heterocycles. The molecule has 0 spiro atoms. The number of furan rings is 1. The molecule has 2 rings (SSSR count). The van der Waals surface area contributed by atoms with Crippen LogP contribution in [0.2, 0.25) is 0 Å². The van der Waals surface area contributed by atoms with Crippen LogP contribution in [0.5, 0.6) is 0 Å². The van der Waals surface area contributed by atoms with E-state index in [0.29, 0.717) is 6.61 Å². The van der Waals surface area contributed by atoms with Crippen molar-refractivity contribution in [2.45, 2.75) is 45.8 Å². The van der Waals surface area contributed by atoms with Crippen molar-refractivity contribution < 1.29 is 9.15 Å². The molecule has 2 aromatic rings. The zero-order valence-corrected chi connectivity index (χ0v) is 12.0. The summed E-state index contributed by atoms with van der Waals surface area (Å²) in [5.74, 6) is 0.813. The number of hydrogen-bond acceptors (Lipinski definition) is 3. The molecule has 2 atom stereocenters. The van der Waals surface area contributed by atoms with Crippen molar-refractivity contribution >= 4 is 11.0 Å². The fraction of sp³-hybridized carbons (Fsp3) is 0.500. The molecule has 1 aromatic heterocycles. The van der Waals surface area contributed by atoms with E-state index in [-0.39, 0.29) is 12.1 Å². The van der Waals surface area contributed by atoms with Gasteiger partial charge in [-0.1, -0.05) is 25.0 Å². The summed E-state index contributed by atoms with van der Waals surface area (Å²) in [7, 11) is 0. The molecule has 0 bridgehead atoms. The second-order valence-electron chi connectivity index (χ2n) is 5.00. The normalized spacial score (nSPS) is 14.7. The molecule has 0 radical (unpaired) electrons. The van der Waals surface area contributed by atoms with Crippen LogP contribution in [0, 0.1) is 6.92 Å². The molecule has 0 amide bonds. The highest BCUT2D eigenvalue weighted by atomic mass is 16.5. The number of hydrogen-bond donors (Lipinski definition) is 1. The molecule has 0 saturated carbocycles. The summed E-state index contributed by atoms with van der Waals surface area (Å²) < 4.78 is 11.6. The Hall–Kier alpha value is -1.32. The number of benzene rings is 1. The second-order valence-corrected chi connectivity index (χ2v) is 5.00. The minimum atomic E-state index is -0.201. The summed E-state index contributed by atoms with van der Waals surface area (Å²) in [6, 6.07) is 8.00. The maximum absolute atomic E-state index is 6.29. The smallest absolute Gasteiger partial charge is 0.134 e. The van der Waals surface area contributed by atoms with E-state index in [9.17, 15) is 0 Å². The Morgan fingerprint density at radius 1 is 1.26 bits per heavy atom. The lowest BCUT2D eigenvalue weighted by molar-refractivity contribution is 0.0329. The zero-order valence-electron chi connectivity index (χ0n) is 12.0. The molecular formula is C16H23NO2. The van der Waals surface area contributed by atoms with Gasteiger partial charge in [0.2, 0.25) is 0 Å². The summed E-state index contributed by atoms with van der Waals surface area (Å²) in [6.45, 7) is 6.89. The van der Waals surface area contributed by atoms with Gasteiger partial charge < -0.3 is 14.9 Å². The van der Waals surface area contributed by atoms with Gasteiger partial charge in [0, 0.05) is 12.0 Å². The van der Waals surface area contributed by atoms with E-state index in [2.05, 4.69) is 19.9 Å². The maximum atomic E-state index is 6.29. The van der Waals surface area contributed by atoms with Crippen molar-refractivity contribution in [2.24, 2.45) is 5.73 Å². The third-order valence-corrected chi connectivity index (χ3v) is 3.37. The van der Waals surface area contributed by atoms with Gasteiger partial charge in [0.1, 0.15) is 11.3 Å². The summed E-state index contributed by atoms with van der Waals surface area (Å²) in [5, 5.41) is 1.11. The van der Waals surface area contributed by atoms with Crippen molar-refractivity contribution in [1.82, 2.24) is 0 Å². The van der Waals surface area contributed by atoms with Gasteiger partial charge in [-0.05, 0) is 38.5 Å². The Labute approximate surface area is 114 Å². The lowest BCUT2D eigenvalue weighted by Crippen LogP contribution is -2.28. The minimum absolute atomic E-state index is 0.0247. The summed E-state index contributed by atoms with van der Waals surface area (Å²) in [6.07, 6.45) is 2.03. The second kappa shape index (κ2) is 6.22. The molecule has 3 nitrogen and oxygen atoms in total. The predicted molar refractivity (Wildman–Crippen MR) is 78.2 cm³/mol. The highest BCUT2D eigenvalue weighted by Gasteiger charge is 2.22. The van der Waals surface area contributed by atoms with Crippen LogP contribution in [0.25, 0.3) is 11.0 Å². The molecule has 0 aliphatic rings. The minimum Gasteiger partial charge on any atom is -0.459 e. The van der Waals surface area contributed by atoms with E-state index in [4.69, 9.17) is 14.9 Å². The summed E-state index contributed by atoms with van der Waals surface area (Å²) >= 11 is 0. The van der Waals surface area contributed by atoms with Gasteiger partial charge in [-0.3, -0.25) is 0 Å². The van der Waals surface area contributed by atoms with Crippen LogP contribution in [0.4, 0.5) is 0 Å². The molecule has 104 valence electrons. The van der Waals surface area contributed by atoms with E-state index in [0.717, 1.165) is 29.6 Å². The average Bonchev–Trinajstić information content (AvgIpc) is 2.80. The number of ether oxygens (including phenoxy) is 1. The third-order valence-electron chi connectivity index (χ3n) is 3.37. The Morgan fingerprint density at radius 3 is 2.74 bits per heavy atom. The van der Waals surface area contributed by atoms with Gasteiger partial charge in [-0.2, -0.15) is 0 Å². The topological polar surface area (TPSA) is 48.4 Å². The molecular weight excluding hydrogens is 238 g/mol. The SMILES string of the molecule is CCCC(OCC)C(N)c1cc2cc(C)ccc2o1. The standard InChI is InChI=1S/C16H23NO2/c1-4-6-14(18-5-2)16(17)15-10-12-9-11(3)7-8-13(12)19-15/h7-10,14,16H,4-6,17H2,1-3H3. The van der Waals surface area contributed by atoms with Gasteiger partial charge in [-0.15, -0.1) is 0 Å². The largest absolute Gasteiger partial charge is 0.459 e. The molecule has 3 heteroatoms. The first-order valence-electron chi connectivity index (χ1n) is 7.03. The lowest BCUT2D eigenvalue weighted by Gasteiger charge is -2.21. The molecule has 0 aliphatic carbocycles. The quantitative estimate of drug-likeness (QED) is 0.856. The van der Waals surface area contributed by atoms with Crippen molar-refractivity contribution in [3.63, 3.8) is 0 Å². The zero-order chi connectivity index (χ0) is 13.8. The van der Waals surface area contributed by atoms with Crippen LogP contribution in [-0.4, -0.2) is 12.7 Å². The maximum Gasteiger partial charge on any atom is 0.134 e. The Bertz CT molecular complexity index is 527. The Morgan fingerprint density at radius 2 is 2.05 bits per heavy atom. The van der Waals surface area contributed by atoms with E-state index in [1.54, 1.807) is 0 Å². The lowest BCUT2D eigenvalue weighted by atomic mass is 10.0. The monoisotopic (exact) mass is 261 g/mol. The third kappa shape index (κ3) is 3.17. The molecule has 19 heavy (non-hydrogen) atoms.